The van der Waals surface area contributed by atoms with Gasteiger partial charge in [0.2, 0.25) is 5.91 Å². The Labute approximate surface area is 161 Å². The zero-order chi connectivity index (χ0) is 18.2. The zero-order valence-electron chi connectivity index (χ0n) is 15.1. The van der Waals surface area contributed by atoms with E-state index < -0.39 is 0 Å². The van der Waals surface area contributed by atoms with Crippen LogP contribution in [0.4, 0.5) is 5.69 Å². The Balaban J connectivity index is 2.11. The Hall–Kier alpha value is -0.810. The molecule has 1 N–H and O–H groups in total. The summed E-state index contributed by atoms with van der Waals surface area (Å²) in [5, 5.41) is 3.72. The van der Waals surface area contributed by atoms with Gasteiger partial charge in [0.15, 0.2) is 0 Å². The first kappa shape index (κ1) is 20.5. The van der Waals surface area contributed by atoms with Crippen LogP contribution in [0, 0.1) is 0 Å². The van der Waals surface area contributed by atoms with E-state index in [2.05, 4.69) is 24.3 Å². The van der Waals surface area contributed by atoms with Gasteiger partial charge in [0.1, 0.15) is 0 Å². The molecule has 0 aromatic heterocycles. The minimum absolute atomic E-state index is 0.0667. The molecule has 0 spiro atoms. The molecule has 0 saturated heterocycles. The van der Waals surface area contributed by atoms with Crippen molar-refractivity contribution >= 4 is 34.8 Å². The summed E-state index contributed by atoms with van der Waals surface area (Å²) in [4.78, 5) is 16.9. The van der Waals surface area contributed by atoms with E-state index in [1.165, 1.54) is 0 Å². The normalized spacial score (nSPS) is 23.2. The summed E-state index contributed by atoms with van der Waals surface area (Å²) < 4.78 is 0. The van der Waals surface area contributed by atoms with Gasteiger partial charge in [-0.15, -0.1) is 23.2 Å². The number of nitrogens with zero attached hydrogens (tertiary/aromatic N) is 2. The maximum Gasteiger partial charge on any atom is 0.228 e. The Morgan fingerprint density at radius 2 is 1.96 bits per heavy atom. The van der Waals surface area contributed by atoms with Crippen LogP contribution in [0.25, 0.3) is 0 Å². The molecule has 1 aromatic rings. The maximum absolute atomic E-state index is 12.8. The van der Waals surface area contributed by atoms with Crippen molar-refractivity contribution in [2.45, 2.75) is 43.1 Å². The van der Waals surface area contributed by atoms with Crippen molar-refractivity contribution in [3.05, 3.63) is 30.3 Å². The molecule has 4 nitrogen and oxygen atoms in total. The highest BCUT2D eigenvalue weighted by Gasteiger charge is 2.39. The molecule has 0 heterocycles. The van der Waals surface area contributed by atoms with E-state index in [4.69, 9.17) is 23.2 Å². The Kier molecular flexibility index (Phi) is 8.50. The Bertz CT molecular complexity index is 527. The lowest BCUT2D eigenvalue weighted by Crippen LogP contribution is -2.50. The van der Waals surface area contributed by atoms with E-state index in [1.54, 1.807) is 0 Å². The second-order valence-electron chi connectivity index (χ2n) is 6.89. The third-order valence-corrected chi connectivity index (χ3v) is 5.15. The van der Waals surface area contributed by atoms with Crippen LogP contribution in [-0.2, 0) is 4.79 Å². The van der Waals surface area contributed by atoms with Crippen molar-refractivity contribution in [1.29, 1.82) is 0 Å². The van der Waals surface area contributed by atoms with Crippen molar-refractivity contribution in [3.63, 3.8) is 0 Å². The number of hydrogen-bond acceptors (Lipinski definition) is 3. The van der Waals surface area contributed by atoms with Crippen molar-refractivity contribution in [2.24, 2.45) is 0 Å². The predicted octanol–water partition coefficient (Wildman–Crippen LogP) is 3.33. The Morgan fingerprint density at radius 1 is 1.24 bits per heavy atom. The van der Waals surface area contributed by atoms with Gasteiger partial charge in [-0.2, -0.15) is 0 Å². The van der Waals surface area contributed by atoms with Crippen molar-refractivity contribution < 1.29 is 4.79 Å². The minimum Gasteiger partial charge on any atom is -0.312 e. The molecule has 6 heteroatoms. The summed E-state index contributed by atoms with van der Waals surface area (Å²) in [5.74, 6) is 0.400. The average molecular weight is 386 g/mol. The highest BCUT2D eigenvalue weighted by Crippen LogP contribution is 2.32. The minimum atomic E-state index is 0.0667. The van der Waals surface area contributed by atoms with E-state index in [1.807, 2.05) is 35.2 Å². The molecular formula is C19H29Cl2N3O. The van der Waals surface area contributed by atoms with E-state index >= 15 is 0 Å². The number of rotatable bonds is 9. The van der Waals surface area contributed by atoms with E-state index in [-0.39, 0.29) is 23.4 Å². The number of benzene rings is 1. The molecule has 140 valence electrons. The molecule has 1 saturated carbocycles. The summed E-state index contributed by atoms with van der Waals surface area (Å²) in [5.41, 5.74) is 0.925. The molecule has 1 aromatic carbocycles. The first-order valence-electron chi connectivity index (χ1n) is 8.98. The van der Waals surface area contributed by atoms with Crippen molar-refractivity contribution in [2.75, 3.05) is 38.0 Å². The van der Waals surface area contributed by atoms with Gasteiger partial charge in [0, 0.05) is 29.4 Å². The Morgan fingerprint density at radius 3 is 2.60 bits per heavy atom. The fraction of sp³-hybridized carbons (Fsp3) is 0.632. The van der Waals surface area contributed by atoms with Gasteiger partial charge in [0.05, 0.1) is 6.04 Å². The maximum atomic E-state index is 12.8. The number of hydrogen-bond donors (Lipinski definition) is 1. The second kappa shape index (κ2) is 10.4. The number of carbonyl (C=O) groups excluding carboxylic acids is 1. The molecule has 3 atom stereocenters. The lowest BCUT2D eigenvalue weighted by molar-refractivity contribution is -0.118. The summed E-state index contributed by atoms with van der Waals surface area (Å²) in [6.07, 6.45) is 3.10. The van der Waals surface area contributed by atoms with E-state index in [0.29, 0.717) is 12.3 Å². The highest BCUT2D eigenvalue weighted by atomic mass is 35.5. The fourth-order valence-corrected chi connectivity index (χ4v) is 3.99. The molecule has 2 rings (SSSR count). The van der Waals surface area contributed by atoms with Crippen LogP contribution < -0.4 is 10.2 Å². The topological polar surface area (TPSA) is 35.6 Å². The lowest BCUT2D eigenvalue weighted by atomic mass is 10.1. The number of carbonyl (C=O) groups is 1. The van der Waals surface area contributed by atoms with Gasteiger partial charge < -0.3 is 15.1 Å². The molecule has 1 unspecified atom stereocenters. The SMILES string of the molecule is CN(C)CCCN[C@@H]1CC(Cl)C[C@H]1N(C(=O)CCCl)c1ccccc1. The average Bonchev–Trinajstić information content (AvgIpc) is 2.93. The predicted molar refractivity (Wildman–Crippen MR) is 107 cm³/mol. The molecule has 1 amide bonds. The van der Waals surface area contributed by atoms with Crippen LogP contribution in [0.3, 0.4) is 0 Å². The second-order valence-corrected chi connectivity index (χ2v) is 7.89. The van der Waals surface area contributed by atoms with Crippen LogP contribution in [0.5, 0.6) is 0 Å². The number of anilines is 1. The number of para-hydroxylation sites is 1. The van der Waals surface area contributed by atoms with Gasteiger partial charge >= 0.3 is 0 Å². The van der Waals surface area contributed by atoms with Crippen molar-refractivity contribution in [1.82, 2.24) is 10.2 Å². The van der Waals surface area contributed by atoms with E-state index in [9.17, 15) is 4.79 Å². The molecule has 0 bridgehead atoms. The van der Waals surface area contributed by atoms with Crippen LogP contribution in [0.1, 0.15) is 25.7 Å². The van der Waals surface area contributed by atoms with Gasteiger partial charge in [0.25, 0.3) is 0 Å². The highest BCUT2D eigenvalue weighted by molar-refractivity contribution is 6.21. The van der Waals surface area contributed by atoms with Gasteiger partial charge in [-0.05, 0) is 58.6 Å². The number of amides is 1. The summed E-state index contributed by atoms with van der Waals surface area (Å²) in [6, 6.07) is 10.1. The van der Waals surface area contributed by atoms with Gasteiger partial charge in [-0.1, -0.05) is 18.2 Å². The fourth-order valence-electron chi connectivity index (χ4n) is 3.45. The summed E-state index contributed by atoms with van der Waals surface area (Å²) >= 11 is 12.3. The largest absolute Gasteiger partial charge is 0.312 e. The van der Waals surface area contributed by atoms with Gasteiger partial charge in [-0.3, -0.25) is 4.79 Å². The van der Waals surface area contributed by atoms with Crippen LogP contribution >= 0.6 is 23.2 Å². The molecule has 25 heavy (non-hydrogen) atoms. The first-order valence-corrected chi connectivity index (χ1v) is 9.95. The third-order valence-electron chi connectivity index (χ3n) is 4.60. The number of halogens is 2. The summed E-state index contributed by atoms with van der Waals surface area (Å²) in [7, 11) is 4.16. The molecule has 1 aliphatic rings. The summed E-state index contributed by atoms with van der Waals surface area (Å²) in [6.45, 7) is 1.97. The molecular weight excluding hydrogens is 357 g/mol. The first-order chi connectivity index (χ1) is 12.0. The monoisotopic (exact) mass is 385 g/mol. The number of alkyl halides is 2. The zero-order valence-corrected chi connectivity index (χ0v) is 16.6. The van der Waals surface area contributed by atoms with Crippen LogP contribution in [0.15, 0.2) is 30.3 Å². The quantitative estimate of drug-likeness (QED) is 0.522. The third kappa shape index (κ3) is 6.14. The smallest absolute Gasteiger partial charge is 0.228 e. The number of nitrogens with one attached hydrogen (secondary N) is 1. The molecule has 1 fully saturated rings. The standard InChI is InChI=1S/C19H29Cl2N3O/c1-23(2)12-6-11-22-17-13-15(21)14-18(17)24(19(25)9-10-20)16-7-4-3-5-8-16/h3-5,7-8,15,17-18,22H,6,9-14H2,1-2H3/t15?,17-,18-/m1/s1. The molecule has 0 radical (unpaired) electrons. The molecule has 1 aliphatic carbocycles. The lowest BCUT2D eigenvalue weighted by Gasteiger charge is -2.34. The molecule has 0 aliphatic heterocycles. The van der Waals surface area contributed by atoms with E-state index in [0.717, 1.165) is 38.0 Å². The van der Waals surface area contributed by atoms with Crippen LogP contribution in [0.2, 0.25) is 0 Å². The van der Waals surface area contributed by atoms with Gasteiger partial charge in [-0.25, -0.2) is 0 Å². The van der Waals surface area contributed by atoms with Crippen molar-refractivity contribution in [3.8, 4) is 0 Å². The van der Waals surface area contributed by atoms with Crippen LogP contribution in [-0.4, -0.2) is 61.3 Å².